The normalized spacial score (nSPS) is 14.6. The number of aromatic nitrogens is 2. The highest BCUT2D eigenvalue weighted by molar-refractivity contribution is 5.85. The Bertz CT molecular complexity index is 892. The summed E-state index contributed by atoms with van der Waals surface area (Å²) in [5.74, 6) is 0. The van der Waals surface area contributed by atoms with Crippen molar-refractivity contribution in [3.63, 3.8) is 0 Å². The molecule has 0 saturated heterocycles. The molecule has 0 fully saturated rings. The summed E-state index contributed by atoms with van der Waals surface area (Å²) < 4.78 is 2.58. The monoisotopic (exact) mass is 361 g/mol. The van der Waals surface area contributed by atoms with E-state index in [2.05, 4.69) is 57.8 Å². The van der Waals surface area contributed by atoms with Crippen LogP contribution in [0.4, 0.5) is 0 Å². The molecule has 0 spiro atoms. The standard InChI is InChI=1S/C24H31N3/c1-3-4-7-14-26-15-13-24-22(18-26)21-8-5-6-9-23(21)27(24)16-12-20-11-10-19(2)25-17-20/h5-6,8-11,17H,3-4,7,12-16,18H2,1-2H3. The van der Waals surface area contributed by atoms with Gasteiger partial charge in [0.25, 0.3) is 0 Å². The Morgan fingerprint density at radius 2 is 1.93 bits per heavy atom. The average molecular weight is 362 g/mol. The van der Waals surface area contributed by atoms with E-state index in [4.69, 9.17) is 0 Å². The van der Waals surface area contributed by atoms with Gasteiger partial charge in [-0.3, -0.25) is 9.88 Å². The van der Waals surface area contributed by atoms with Crippen molar-refractivity contribution in [2.75, 3.05) is 13.1 Å². The molecule has 27 heavy (non-hydrogen) atoms. The average Bonchev–Trinajstić information content (AvgIpc) is 3.01. The predicted molar refractivity (Wildman–Crippen MR) is 113 cm³/mol. The molecule has 4 rings (SSSR count). The van der Waals surface area contributed by atoms with Crippen LogP contribution < -0.4 is 0 Å². The first-order chi connectivity index (χ1) is 13.3. The lowest BCUT2D eigenvalue weighted by atomic mass is 10.0. The maximum absolute atomic E-state index is 4.46. The molecular formula is C24H31N3. The largest absolute Gasteiger partial charge is 0.344 e. The third-order valence-electron chi connectivity index (χ3n) is 5.92. The van der Waals surface area contributed by atoms with Gasteiger partial charge < -0.3 is 4.57 Å². The number of rotatable bonds is 7. The maximum Gasteiger partial charge on any atom is 0.0486 e. The Morgan fingerprint density at radius 1 is 1.04 bits per heavy atom. The highest BCUT2D eigenvalue weighted by Crippen LogP contribution is 2.31. The number of unbranched alkanes of at least 4 members (excludes halogenated alkanes) is 2. The van der Waals surface area contributed by atoms with Crippen LogP contribution in [-0.4, -0.2) is 27.5 Å². The van der Waals surface area contributed by atoms with Crippen LogP contribution in [-0.2, 0) is 25.9 Å². The summed E-state index contributed by atoms with van der Waals surface area (Å²) in [5, 5.41) is 1.45. The molecule has 1 aromatic carbocycles. The van der Waals surface area contributed by atoms with Crippen molar-refractivity contribution in [3.8, 4) is 0 Å². The molecule has 0 N–H and O–H groups in total. The van der Waals surface area contributed by atoms with Gasteiger partial charge in [0, 0.05) is 54.5 Å². The fourth-order valence-corrected chi connectivity index (χ4v) is 4.38. The van der Waals surface area contributed by atoms with Crippen LogP contribution in [0.5, 0.6) is 0 Å². The number of aryl methyl sites for hydroxylation is 3. The fourth-order valence-electron chi connectivity index (χ4n) is 4.38. The van der Waals surface area contributed by atoms with Crippen molar-refractivity contribution in [2.45, 2.75) is 59.0 Å². The second-order valence-electron chi connectivity index (χ2n) is 7.89. The van der Waals surface area contributed by atoms with Gasteiger partial charge in [-0.25, -0.2) is 0 Å². The highest BCUT2D eigenvalue weighted by atomic mass is 15.1. The first-order valence-electron chi connectivity index (χ1n) is 10.5. The summed E-state index contributed by atoms with van der Waals surface area (Å²) >= 11 is 0. The molecule has 0 amide bonds. The number of benzene rings is 1. The van der Waals surface area contributed by atoms with Gasteiger partial charge in [-0.1, -0.05) is 44.0 Å². The molecule has 0 saturated carbocycles. The van der Waals surface area contributed by atoms with Crippen LogP contribution in [0, 0.1) is 6.92 Å². The Balaban J connectivity index is 1.58. The second kappa shape index (κ2) is 8.26. The van der Waals surface area contributed by atoms with Crippen molar-refractivity contribution >= 4 is 10.9 Å². The van der Waals surface area contributed by atoms with Crippen LogP contribution >= 0.6 is 0 Å². The number of nitrogens with zero attached hydrogens (tertiary/aromatic N) is 3. The van der Waals surface area contributed by atoms with Gasteiger partial charge in [0.2, 0.25) is 0 Å². The zero-order chi connectivity index (χ0) is 18.6. The molecule has 0 aliphatic carbocycles. The molecule has 0 unspecified atom stereocenters. The molecular weight excluding hydrogens is 330 g/mol. The third kappa shape index (κ3) is 3.93. The van der Waals surface area contributed by atoms with Crippen LogP contribution in [0.2, 0.25) is 0 Å². The van der Waals surface area contributed by atoms with Crippen molar-refractivity contribution in [1.82, 2.24) is 14.5 Å². The zero-order valence-corrected chi connectivity index (χ0v) is 16.7. The first-order valence-corrected chi connectivity index (χ1v) is 10.5. The number of para-hydroxylation sites is 1. The van der Waals surface area contributed by atoms with E-state index in [0.29, 0.717) is 0 Å². The predicted octanol–water partition coefficient (Wildman–Crippen LogP) is 5.14. The Kier molecular flexibility index (Phi) is 5.58. The summed E-state index contributed by atoms with van der Waals surface area (Å²) in [6, 6.07) is 13.3. The van der Waals surface area contributed by atoms with E-state index in [-0.39, 0.29) is 0 Å². The van der Waals surface area contributed by atoms with Crippen LogP contribution in [0.15, 0.2) is 42.6 Å². The van der Waals surface area contributed by atoms with Crippen molar-refractivity contribution in [3.05, 3.63) is 65.1 Å². The molecule has 0 radical (unpaired) electrons. The highest BCUT2D eigenvalue weighted by Gasteiger charge is 2.23. The minimum absolute atomic E-state index is 1.04. The topological polar surface area (TPSA) is 21.1 Å². The quantitative estimate of drug-likeness (QED) is 0.544. The lowest BCUT2D eigenvalue weighted by molar-refractivity contribution is 0.246. The van der Waals surface area contributed by atoms with Crippen molar-refractivity contribution in [1.29, 1.82) is 0 Å². The van der Waals surface area contributed by atoms with Crippen LogP contribution in [0.1, 0.15) is 48.7 Å². The fraction of sp³-hybridized carbons (Fsp3) is 0.458. The summed E-state index contributed by atoms with van der Waals surface area (Å²) in [5.41, 5.74) is 6.94. The Labute approximate surface area is 163 Å². The van der Waals surface area contributed by atoms with Gasteiger partial charge >= 0.3 is 0 Å². The van der Waals surface area contributed by atoms with Gasteiger partial charge in [-0.2, -0.15) is 0 Å². The number of fused-ring (bicyclic) bond motifs is 3. The molecule has 3 nitrogen and oxygen atoms in total. The summed E-state index contributed by atoms with van der Waals surface area (Å²) in [4.78, 5) is 7.11. The summed E-state index contributed by atoms with van der Waals surface area (Å²) in [7, 11) is 0. The first kappa shape index (κ1) is 18.2. The minimum Gasteiger partial charge on any atom is -0.344 e. The molecule has 0 bridgehead atoms. The summed E-state index contributed by atoms with van der Waals surface area (Å²) in [6.45, 7) is 8.91. The molecule has 1 aliphatic heterocycles. The molecule has 0 atom stereocenters. The van der Waals surface area contributed by atoms with Gasteiger partial charge in [-0.15, -0.1) is 0 Å². The Morgan fingerprint density at radius 3 is 2.74 bits per heavy atom. The maximum atomic E-state index is 4.46. The van der Waals surface area contributed by atoms with Gasteiger partial charge in [-0.05, 0) is 49.6 Å². The van der Waals surface area contributed by atoms with E-state index < -0.39 is 0 Å². The van der Waals surface area contributed by atoms with Gasteiger partial charge in [0.15, 0.2) is 0 Å². The van der Waals surface area contributed by atoms with Crippen LogP contribution in [0.3, 0.4) is 0 Å². The van der Waals surface area contributed by atoms with E-state index in [9.17, 15) is 0 Å². The van der Waals surface area contributed by atoms with E-state index in [1.807, 2.05) is 13.1 Å². The van der Waals surface area contributed by atoms with Crippen molar-refractivity contribution < 1.29 is 0 Å². The minimum atomic E-state index is 1.04. The molecule has 142 valence electrons. The van der Waals surface area contributed by atoms with E-state index in [1.54, 1.807) is 11.3 Å². The van der Waals surface area contributed by atoms with E-state index in [0.717, 1.165) is 25.2 Å². The third-order valence-corrected chi connectivity index (χ3v) is 5.92. The molecule has 3 heteroatoms. The Hall–Kier alpha value is -2.13. The molecule has 3 aromatic rings. The molecule has 1 aliphatic rings. The van der Waals surface area contributed by atoms with Gasteiger partial charge in [0.05, 0.1) is 0 Å². The van der Waals surface area contributed by atoms with E-state index in [1.165, 1.54) is 55.2 Å². The smallest absolute Gasteiger partial charge is 0.0486 e. The summed E-state index contributed by atoms with van der Waals surface area (Å²) in [6.07, 6.45) is 8.21. The van der Waals surface area contributed by atoms with Crippen molar-refractivity contribution in [2.24, 2.45) is 0 Å². The van der Waals surface area contributed by atoms with Crippen LogP contribution in [0.25, 0.3) is 10.9 Å². The van der Waals surface area contributed by atoms with E-state index >= 15 is 0 Å². The number of pyridine rings is 1. The van der Waals surface area contributed by atoms with Gasteiger partial charge in [0.1, 0.15) is 0 Å². The lowest BCUT2D eigenvalue weighted by Crippen LogP contribution is -2.32. The molecule has 3 heterocycles. The SMILES string of the molecule is CCCCCN1CCc2c(c3ccccc3n2CCc2ccc(C)nc2)C1. The molecule has 2 aromatic heterocycles. The number of hydrogen-bond donors (Lipinski definition) is 0. The zero-order valence-electron chi connectivity index (χ0n) is 16.7. The lowest BCUT2D eigenvalue weighted by Gasteiger charge is -2.28. The number of hydrogen-bond acceptors (Lipinski definition) is 2. The second-order valence-corrected chi connectivity index (χ2v) is 7.89.